The molecule has 118 valence electrons. The van der Waals surface area contributed by atoms with Gasteiger partial charge in [-0.25, -0.2) is 8.42 Å². The van der Waals surface area contributed by atoms with Gasteiger partial charge in [0.15, 0.2) is 9.84 Å². The van der Waals surface area contributed by atoms with Gasteiger partial charge in [0.25, 0.3) is 0 Å². The van der Waals surface area contributed by atoms with E-state index in [0.29, 0.717) is 52.4 Å². The molecule has 2 heterocycles. The van der Waals surface area contributed by atoms with Crippen LogP contribution in [0.3, 0.4) is 0 Å². The first-order valence-corrected chi connectivity index (χ1v) is 9.08. The van der Waals surface area contributed by atoms with Gasteiger partial charge in [-0.15, -0.1) is 0 Å². The molecule has 2 aromatic rings. The summed E-state index contributed by atoms with van der Waals surface area (Å²) in [5.41, 5.74) is 1.41. The van der Waals surface area contributed by atoms with Gasteiger partial charge in [0, 0.05) is 24.8 Å². The topological polar surface area (TPSA) is 56.3 Å². The van der Waals surface area contributed by atoms with Gasteiger partial charge in [-0.1, -0.05) is 11.6 Å². The van der Waals surface area contributed by atoms with Crippen molar-refractivity contribution in [2.75, 3.05) is 13.2 Å². The summed E-state index contributed by atoms with van der Waals surface area (Å²) in [6.07, 6.45) is 2.64. The largest absolute Gasteiger partial charge is 0.381 e. The van der Waals surface area contributed by atoms with Crippen LogP contribution >= 0.6 is 11.6 Å². The maximum atomic E-state index is 13.2. The number of benzene rings is 1. The number of sulfone groups is 1. The van der Waals surface area contributed by atoms with Gasteiger partial charge in [-0.2, -0.15) is 0 Å². The van der Waals surface area contributed by atoms with Crippen LogP contribution in [0, 0.1) is 6.92 Å². The highest BCUT2D eigenvalue weighted by Crippen LogP contribution is 2.37. The van der Waals surface area contributed by atoms with E-state index in [9.17, 15) is 8.42 Å². The zero-order chi connectivity index (χ0) is 16.0. The fourth-order valence-electron chi connectivity index (χ4n) is 2.87. The number of aryl methyl sites for hydroxylation is 1. The highest BCUT2D eigenvalue weighted by molar-refractivity contribution is 7.92. The van der Waals surface area contributed by atoms with E-state index in [1.807, 2.05) is 0 Å². The fraction of sp³-hybridized carbons (Fsp3) is 0.438. The molecule has 0 amide bonds. The number of halogens is 1. The number of nitrogens with zero attached hydrogens (tertiary/aromatic N) is 1. The van der Waals surface area contributed by atoms with Crippen molar-refractivity contribution < 1.29 is 13.2 Å². The van der Waals surface area contributed by atoms with Crippen LogP contribution in [0.15, 0.2) is 29.3 Å². The molecule has 0 saturated carbocycles. The van der Waals surface area contributed by atoms with Crippen molar-refractivity contribution in [1.82, 2.24) is 4.98 Å². The molecule has 1 saturated heterocycles. The summed E-state index contributed by atoms with van der Waals surface area (Å²) in [5, 5.41) is 1.18. The predicted octanol–water partition coefficient (Wildman–Crippen LogP) is 3.54. The zero-order valence-corrected chi connectivity index (χ0v) is 14.2. The Balaban J connectivity index is 2.20. The standard InChI is InChI=1S/C16H18ClNO3S/c1-11-9-14-12(13(17)3-6-18-14)10-15(11)22(19,20)16(2)4-7-21-8-5-16/h3,6,9-10H,4-5,7-8H2,1-2H3. The highest BCUT2D eigenvalue weighted by atomic mass is 35.5. The normalized spacial score (nSPS) is 18.5. The van der Waals surface area contributed by atoms with E-state index in [1.165, 1.54) is 0 Å². The van der Waals surface area contributed by atoms with Gasteiger partial charge < -0.3 is 4.74 Å². The maximum absolute atomic E-state index is 13.2. The maximum Gasteiger partial charge on any atom is 0.184 e. The monoisotopic (exact) mass is 339 g/mol. The van der Waals surface area contributed by atoms with Crippen molar-refractivity contribution in [3.63, 3.8) is 0 Å². The Labute approximate surface area is 135 Å². The molecule has 4 nitrogen and oxygen atoms in total. The van der Waals surface area contributed by atoms with Gasteiger partial charge >= 0.3 is 0 Å². The second-order valence-electron chi connectivity index (χ2n) is 5.99. The Hall–Kier alpha value is -1.17. The van der Waals surface area contributed by atoms with Crippen LogP contribution in [0.5, 0.6) is 0 Å². The third-order valence-electron chi connectivity index (χ3n) is 4.47. The molecule has 1 aromatic heterocycles. The summed E-state index contributed by atoms with van der Waals surface area (Å²) in [7, 11) is -3.47. The summed E-state index contributed by atoms with van der Waals surface area (Å²) in [6.45, 7) is 4.56. The minimum Gasteiger partial charge on any atom is -0.381 e. The van der Waals surface area contributed by atoms with E-state index in [1.54, 1.807) is 38.2 Å². The number of rotatable bonds is 2. The SMILES string of the molecule is Cc1cc2nccc(Cl)c2cc1S(=O)(=O)C1(C)CCOCC1. The van der Waals surface area contributed by atoms with E-state index in [-0.39, 0.29) is 0 Å². The van der Waals surface area contributed by atoms with Gasteiger partial charge in [0.1, 0.15) is 0 Å². The molecular weight excluding hydrogens is 322 g/mol. The Morgan fingerprint density at radius 2 is 1.95 bits per heavy atom. The van der Waals surface area contributed by atoms with E-state index >= 15 is 0 Å². The molecule has 0 unspecified atom stereocenters. The molecule has 1 fully saturated rings. The molecule has 22 heavy (non-hydrogen) atoms. The molecule has 1 aromatic carbocycles. The van der Waals surface area contributed by atoms with Crippen LogP contribution in [-0.4, -0.2) is 31.4 Å². The van der Waals surface area contributed by atoms with E-state index in [0.717, 1.165) is 0 Å². The summed E-state index contributed by atoms with van der Waals surface area (Å²) in [5.74, 6) is 0. The average molecular weight is 340 g/mol. The Morgan fingerprint density at radius 3 is 2.64 bits per heavy atom. The van der Waals surface area contributed by atoms with Crippen LogP contribution in [0.2, 0.25) is 5.02 Å². The minimum absolute atomic E-state index is 0.347. The van der Waals surface area contributed by atoms with E-state index in [2.05, 4.69) is 4.98 Å². The molecule has 1 aliphatic rings. The lowest BCUT2D eigenvalue weighted by atomic mass is 10.0. The molecule has 0 bridgehead atoms. The third-order valence-corrected chi connectivity index (χ3v) is 7.53. The first-order chi connectivity index (χ1) is 10.3. The highest BCUT2D eigenvalue weighted by Gasteiger charge is 2.42. The van der Waals surface area contributed by atoms with E-state index < -0.39 is 14.6 Å². The lowest BCUT2D eigenvalue weighted by Gasteiger charge is -2.33. The number of hydrogen-bond donors (Lipinski definition) is 0. The lowest BCUT2D eigenvalue weighted by Crippen LogP contribution is -2.41. The van der Waals surface area contributed by atoms with Crippen LogP contribution in [0.25, 0.3) is 10.9 Å². The Kier molecular flexibility index (Phi) is 3.91. The number of ether oxygens (including phenoxy) is 1. The molecule has 6 heteroatoms. The minimum atomic E-state index is -3.47. The van der Waals surface area contributed by atoms with Crippen LogP contribution in [-0.2, 0) is 14.6 Å². The fourth-order valence-corrected chi connectivity index (χ4v) is 5.07. The van der Waals surface area contributed by atoms with Crippen molar-refractivity contribution >= 4 is 32.3 Å². The van der Waals surface area contributed by atoms with Crippen LogP contribution < -0.4 is 0 Å². The summed E-state index contributed by atoms with van der Waals surface area (Å²) in [6, 6.07) is 5.12. The number of fused-ring (bicyclic) bond motifs is 1. The van der Waals surface area contributed by atoms with Crippen molar-refractivity contribution in [2.24, 2.45) is 0 Å². The number of aromatic nitrogens is 1. The van der Waals surface area contributed by atoms with Gasteiger partial charge in [-0.3, -0.25) is 4.98 Å². The number of pyridine rings is 1. The van der Waals surface area contributed by atoms with Crippen molar-refractivity contribution in [2.45, 2.75) is 36.3 Å². The van der Waals surface area contributed by atoms with Crippen molar-refractivity contribution in [3.8, 4) is 0 Å². The molecular formula is C16H18ClNO3S. The van der Waals surface area contributed by atoms with E-state index in [4.69, 9.17) is 16.3 Å². The average Bonchev–Trinajstić information content (AvgIpc) is 2.47. The summed E-state index contributed by atoms with van der Waals surface area (Å²) in [4.78, 5) is 4.60. The second kappa shape index (κ2) is 5.48. The zero-order valence-electron chi connectivity index (χ0n) is 12.6. The molecule has 0 spiro atoms. The lowest BCUT2D eigenvalue weighted by molar-refractivity contribution is 0.0789. The molecule has 0 N–H and O–H groups in total. The van der Waals surface area contributed by atoms with Crippen LogP contribution in [0.1, 0.15) is 25.3 Å². The third kappa shape index (κ3) is 2.41. The summed E-state index contributed by atoms with van der Waals surface area (Å²) >= 11 is 6.20. The van der Waals surface area contributed by atoms with Crippen molar-refractivity contribution in [1.29, 1.82) is 0 Å². The van der Waals surface area contributed by atoms with Gasteiger partial charge in [0.05, 0.1) is 20.2 Å². The first kappa shape index (κ1) is 15.7. The first-order valence-electron chi connectivity index (χ1n) is 7.22. The number of hydrogen-bond acceptors (Lipinski definition) is 4. The van der Waals surface area contributed by atoms with Crippen LogP contribution in [0.4, 0.5) is 0 Å². The van der Waals surface area contributed by atoms with Gasteiger partial charge in [-0.05, 0) is 50.5 Å². The van der Waals surface area contributed by atoms with Gasteiger partial charge in [0.2, 0.25) is 0 Å². The second-order valence-corrected chi connectivity index (χ2v) is 8.83. The molecule has 1 aliphatic heterocycles. The van der Waals surface area contributed by atoms with Crippen molar-refractivity contribution in [3.05, 3.63) is 35.0 Å². The Bertz CT molecular complexity index is 827. The molecule has 3 rings (SSSR count). The molecule has 0 aliphatic carbocycles. The Morgan fingerprint density at radius 1 is 1.27 bits per heavy atom. The molecule has 0 radical (unpaired) electrons. The summed E-state index contributed by atoms with van der Waals surface area (Å²) < 4.78 is 30.9. The quantitative estimate of drug-likeness (QED) is 0.839. The predicted molar refractivity (Wildman–Crippen MR) is 87.1 cm³/mol. The smallest absolute Gasteiger partial charge is 0.184 e. The molecule has 0 atom stereocenters.